The molecule has 1 aliphatic heterocycles. The van der Waals surface area contributed by atoms with Crippen LogP contribution in [0.15, 0.2) is 18.2 Å². The Bertz CT molecular complexity index is 422. The fraction of sp³-hybridized carbons (Fsp3) is 0.600. The maximum Gasteiger partial charge on any atom is 0.0642 e. The fourth-order valence-electron chi connectivity index (χ4n) is 2.84. The molecule has 1 saturated heterocycles. The summed E-state index contributed by atoms with van der Waals surface area (Å²) < 4.78 is 0. The highest BCUT2D eigenvalue weighted by atomic mass is 35.5. The van der Waals surface area contributed by atoms with Crippen LogP contribution < -0.4 is 10.2 Å². The van der Waals surface area contributed by atoms with Crippen LogP contribution in [0.5, 0.6) is 0 Å². The van der Waals surface area contributed by atoms with E-state index in [1.165, 1.54) is 17.7 Å². The van der Waals surface area contributed by atoms with Crippen molar-refractivity contribution in [3.63, 3.8) is 0 Å². The number of nitrogens with one attached hydrogen (secondary N) is 1. The lowest BCUT2D eigenvalue weighted by atomic mass is 10.1. The molecular formula is C15H24ClN3. The summed E-state index contributed by atoms with van der Waals surface area (Å²) in [5, 5.41) is 4.10. The van der Waals surface area contributed by atoms with E-state index >= 15 is 0 Å². The number of rotatable bonds is 4. The Morgan fingerprint density at radius 2 is 2.16 bits per heavy atom. The second-order valence-electron chi connectivity index (χ2n) is 5.27. The van der Waals surface area contributed by atoms with Gasteiger partial charge < -0.3 is 10.2 Å². The van der Waals surface area contributed by atoms with Gasteiger partial charge in [-0.2, -0.15) is 0 Å². The zero-order chi connectivity index (χ0) is 13.8. The lowest BCUT2D eigenvalue weighted by Gasteiger charge is -2.41. The summed E-state index contributed by atoms with van der Waals surface area (Å²) >= 11 is 6.44. The van der Waals surface area contributed by atoms with E-state index < -0.39 is 0 Å². The van der Waals surface area contributed by atoms with Crippen molar-refractivity contribution < 1.29 is 0 Å². The van der Waals surface area contributed by atoms with Crippen molar-refractivity contribution in [1.29, 1.82) is 0 Å². The molecule has 0 aliphatic carbocycles. The molecule has 1 atom stereocenters. The fourth-order valence-corrected chi connectivity index (χ4v) is 3.15. The third kappa shape index (κ3) is 3.22. The molecular weight excluding hydrogens is 258 g/mol. The summed E-state index contributed by atoms with van der Waals surface area (Å²) in [4.78, 5) is 4.90. The second kappa shape index (κ2) is 6.60. The van der Waals surface area contributed by atoms with Crippen LogP contribution in [0.1, 0.15) is 18.9 Å². The second-order valence-corrected chi connectivity index (χ2v) is 5.67. The molecule has 0 bridgehead atoms. The minimum absolute atomic E-state index is 0.618. The van der Waals surface area contributed by atoms with E-state index in [0.717, 1.165) is 31.2 Å². The molecule has 19 heavy (non-hydrogen) atoms. The number of piperazine rings is 1. The van der Waals surface area contributed by atoms with E-state index in [1.807, 2.05) is 19.2 Å². The first-order valence-electron chi connectivity index (χ1n) is 7.04. The average molecular weight is 282 g/mol. The average Bonchev–Trinajstić information content (AvgIpc) is 2.40. The lowest BCUT2D eigenvalue weighted by molar-refractivity contribution is 0.213. The lowest BCUT2D eigenvalue weighted by Crippen LogP contribution is -2.51. The van der Waals surface area contributed by atoms with Crippen LogP contribution in [-0.4, -0.2) is 44.7 Å². The number of hydrogen-bond acceptors (Lipinski definition) is 3. The molecule has 1 aromatic carbocycles. The van der Waals surface area contributed by atoms with Gasteiger partial charge in [-0.25, -0.2) is 0 Å². The molecule has 0 amide bonds. The van der Waals surface area contributed by atoms with Crippen LogP contribution in [0, 0.1) is 0 Å². The van der Waals surface area contributed by atoms with Crippen molar-refractivity contribution in [3.8, 4) is 0 Å². The van der Waals surface area contributed by atoms with Gasteiger partial charge >= 0.3 is 0 Å². The molecule has 3 nitrogen and oxygen atoms in total. The number of hydrogen-bond donors (Lipinski definition) is 1. The predicted molar refractivity (Wildman–Crippen MR) is 83.1 cm³/mol. The first kappa shape index (κ1) is 14.6. The maximum absolute atomic E-state index is 6.44. The smallest absolute Gasteiger partial charge is 0.0642 e. The first-order chi connectivity index (χ1) is 9.17. The molecule has 0 radical (unpaired) electrons. The standard InChI is InChI=1S/C15H24ClN3/c1-4-13-11-19(9-8-18(13)3)15-12(10-17-2)6-5-7-14(15)16/h5-7,13,17H,4,8-11H2,1-3H3. The van der Waals surface area contributed by atoms with Gasteiger partial charge in [0.1, 0.15) is 0 Å². The van der Waals surface area contributed by atoms with Gasteiger partial charge in [0.05, 0.1) is 10.7 Å². The van der Waals surface area contributed by atoms with Crippen molar-refractivity contribution in [1.82, 2.24) is 10.2 Å². The van der Waals surface area contributed by atoms with E-state index in [4.69, 9.17) is 11.6 Å². The van der Waals surface area contributed by atoms with Gasteiger partial charge in [-0.05, 0) is 32.1 Å². The third-order valence-electron chi connectivity index (χ3n) is 4.00. The molecule has 1 fully saturated rings. The molecule has 0 aromatic heterocycles. The normalized spacial score (nSPS) is 20.8. The highest BCUT2D eigenvalue weighted by molar-refractivity contribution is 6.33. The maximum atomic E-state index is 6.44. The van der Waals surface area contributed by atoms with E-state index in [1.54, 1.807) is 0 Å². The highest BCUT2D eigenvalue weighted by Gasteiger charge is 2.25. The van der Waals surface area contributed by atoms with Crippen molar-refractivity contribution in [2.45, 2.75) is 25.9 Å². The van der Waals surface area contributed by atoms with E-state index in [2.05, 4.69) is 35.2 Å². The molecule has 4 heteroatoms. The number of likely N-dealkylation sites (N-methyl/N-ethyl adjacent to an activating group) is 1. The molecule has 106 valence electrons. The molecule has 1 N–H and O–H groups in total. The number of anilines is 1. The van der Waals surface area contributed by atoms with Crippen LogP contribution in [0.4, 0.5) is 5.69 Å². The van der Waals surface area contributed by atoms with Crippen molar-refractivity contribution in [2.24, 2.45) is 0 Å². The Morgan fingerprint density at radius 3 is 2.84 bits per heavy atom. The SMILES string of the molecule is CCC1CN(c2c(Cl)cccc2CNC)CCN1C. The van der Waals surface area contributed by atoms with Crippen molar-refractivity contribution in [3.05, 3.63) is 28.8 Å². The summed E-state index contributed by atoms with van der Waals surface area (Å²) in [6.45, 7) is 6.33. The van der Waals surface area contributed by atoms with Crippen LogP contribution in [0.25, 0.3) is 0 Å². The summed E-state index contributed by atoms with van der Waals surface area (Å²) in [6.07, 6.45) is 1.18. The molecule has 1 aliphatic rings. The topological polar surface area (TPSA) is 18.5 Å². The summed E-state index contributed by atoms with van der Waals surface area (Å²) in [5.41, 5.74) is 2.50. The molecule has 0 spiro atoms. The van der Waals surface area contributed by atoms with Crippen LogP contribution in [0.2, 0.25) is 5.02 Å². The van der Waals surface area contributed by atoms with Crippen LogP contribution >= 0.6 is 11.6 Å². The van der Waals surface area contributed by atoms with Gasteiger partial charge in [0, 0.05) is 32.2 Å². The zero-order valence-electron chi connectivity index (χ0n) is 12.1. The Kier molecular flexibility index (Phi) is 5.08. The van der Waals surface area contributed by atoms with Gasteiger partial charge in [0.15, 0.2) is 0 Å². The largest absolute Gasteiger partial charge is 0.367 e. The Morgan fingerprint density at radius 1 is 1.37 bits per heavy atom. The Hall–Kier alpha value is -0.770. The Labute approximate surface area is 121 Å². The summed E-state index contributed by atoms with van der Waals surface area (Å²) in [6, 6.07) is 6.81. The van der Waals surface area contributed by atoms with E-state index in [0.29, 0.717) is 6.04 Å². The monoisotopic (exact) mass is 281 g/mol. The van der Waals surface area contributed by atoms with Gasteiger partial charge in [-0.3, -0.25) is 4.90 Å². The molecule has 1 heterocycles. The molecule has 0 saturated carbocycles. The number of nitrogens with zero attached hydrogens (tertiary/aromatic N) is 2. The number of para-hydroxylation sites is 1. The Balaban J connectivity index is 2.26. The minimum Gasteiger partial charge on any atom is -0.367 e. The molecule has 1 aromatic rings. The van der Waals surface area contributed by atoms with Gasteiger partial charge in [-0.15, -0.1) is 0 Å². The van der Waals surface area contributed by atoms with Crippen molar-refractivity contribution >= 4 is 17.3 Å². The van der Waals surface area contributed by atoms with Crippen molar-refractivity contribution in [2.75, 3.05) is 38.6 Å². The number of benzene rings is 1. The third-order valence-corrected chi connectivity index (χ3v) is 4.31. The zero-order valence-corrected chi connectivity index (χ0v) is 12.9. The number of halogens is 1. The first-order valence-corrected chi connectivity index (χ1v) is 7.42. The summed E-state index contributed by atoms with van der Waals surface area (Å²) in [5.74, 6) is 0. The summed E-state index contributed by atoms with van der Waals surface area (Å²) in [7, 11) is 4.19. The highest BCUT2D eigenvalue weighted by Crippen LogP contribution is 2.31. The van der Waals surface area contributed by atoms with Gasteiger partial charge in [0.25, 0.3) is 0 Å². The molecule has 1 unspecified atom stereocenters. The quantitative estimate of drug-likeness (QED) is 0.915. The molecule has 2 rings (SSSR count). The minimum atomic E-state index is 0.618. The van der Waals surface area contributed by atoms with E-state index in [-0.39, 0.29) is 0 Å². The van der Waals surface area contributed by atoms with Crippen LogP contribution in [-0.2, 0) is 6.54 Å². The van der Waals surface area contributed by atoms with Crippen LogP contribution in [0.3, 0.4) is 0 Å². The predicted octanol–water partition coefficient (Wildman–Crippen LogP) is 2.59. The van der Waals surface area contributed by atoms with E-state index in [9.17, 15) is 0 Å². The van der Waals surface area contributed by atoms with Gasteiger partial charge in [-0.1, -0.05) is 30.7 Å². The van der Waals surface area contributed by atoms with Gasteiger partial charge in [0.2, 0.25) is 0 Å².